The van der Waals surface area contributed by atoms with E-state index in [0.717, 1.165) is 23.8 Å². The monoisotopic (exact) mass is 236 g/mol. The van der Waals surface area contributed by atoms with Crippen LogP contribution in [0.5, 0.6) is 0 Å². The van der Waals surface area contributed by atoms with Gasteiger partial charge in [-0.25, -0.2) is 0 Å². The molecule has 2 aliphatic carbocycles. The van der Waals surface area contributed by atoms with Crippen LogP contribution in [0.25, 0.3) is 0 Å². The van der Waals surface area contributed by atoms with Crippen LogP contribution in [0.2, 0.25) is 0 Å². The first kappa shape index (κ1) is 13.1. The SMILES string of the molecule is C=C(CO)CCC1C[C@@]2(C)[C@H](C)C2(C)C1(C)C. The third-order valence-corrected chi connectivity index (χ3v) is 7.02. The average molecular weight is 236 g/mol. The molecular formula is C16H28O. The minimum atomic E-state index is 0.151. The molecule has 0 aromatic carbocycles. The second kappa shape index (κ2) is 3.60. The zero-order valence-corrected chi connectivity index (χ0v) is 12.1. The third-order valence-electron chi connectivity index (χ3n) is 7.02. The zero-order valence-electron chi connectivity index (χ0n) is 12.1. The van der Waals surface area contributed by atoms with Gasteiger partial charge in [-0.1, -0.05) is 46.8 Å². The zero-order chi connectivity index (χ0) is 13.1. The van der Waals surface area contributed by atoms with Crippen molar-refractivity contribution in [3.63, 3.8) is 0 Å². The highest BCUT2D eigenvalue weighted by Gasteiger charge is 2.79. The Morgan fingerprint density at radius 3 is 2.29 bits per heavy atom. The van der Waals surface area contributed by atoms with Gasteiger partial charge in [-0.3, -0.25) is 0 Å². The number of hydrogen-bond acceptors (Lipinski definition) is 1. The molecule has 2 aliphatic rings. The Balaban J connectivity index is 2.07. The molecule has 0 amide bonds. The van der Waals surface area contributed by atoms with Crippen molar-refractivity contribution in [3.05, 3.63) is 12.2 Å². The molecule has 1 N–H and O–H groups in total. The van der Waals surface area contributed by atoms with Crippen LogP contribution in [0.1, 0.15) is 53.9 Å². The van der Waals surface area contributed by atoms with Crippen molar-refractivity contribution in [2.75, 3.05) is 6.61 Å². The van der Waals surface area contributed by atoms with Crippen LogP contribution in [0, 0.1) is 28.1 Å². The van der Waals surface area contributed by atoms with Gasteiger partial charge >= 0.3 is 0 Å². The molecule has 0 bridgehead atoms. The lowest BCUT2D eigenvalue weighted by Gasteiger charge is -2.37. The highest BCUT2D eigenvalue weighted by Crippen LogP contribution is 2.85. The quantitative estimate of drug-likeness (QED) is 0.731. The molecule has 17 heavy (non-hydrogen) atoms. The van der Waals surface area contributed by atoms with E-state index in [-0.39, 0.29) is 6.61 Å². The molecule has 2 rings (SSSR count). The molecule has 1 nitrogen and oxygen atoms in total. The molecule has 0 aliphatic heterocycles. The van der Waals surface area contributed by atoms with Gasteiger partial charge in [0, 0.05) is 0 Å². The minimum Gasteiger partial charge on any atom is -0.392 e. The topological polar surface area (TPSA) is 20.2 Å². The van der Waals surface area contributed by atoms with Gasteiger partial charge in [-0.2, -0.15) is 0 Å². The van der Waals surface area contributed by atoms with Crippen molar-refractivity contribution in [1.82, 2.24) is 0 Å². The molecule has 0 saturated heterocycles. The number of fused-ring (bicyclic) bond motifs is 1. The molecule has 0 aromatic rings. The molecule has 2 fully saturated rings. The van der Waals surface area contributed by atoms with E-state index in [0.29, 0.717) is 16.2 Å². The third kappa shape index (κ3) is 1.41. The second-order valence-corrected chi connectivity index (χ2v) is 7.41. The van der Waals surface area contributed by atoms with E-state index >= 15 is 0 Å². The summed E-state index contributed by atoms with van der Waals surface area (Å²) in [6.45, 7) is 16.3. The molecule has 98 valence electrons. The molecule has 2 saturated carbocycles. The van der Waals surface area contributed by atoms with Crippen molar-refractivity contribution >= 4 is 0 Å². The molecule has 0 radical (unpaired) electrons. The Morgan fingerprint density at radius 1 is 1.29 bits per heavy atom. The van der Waals surface area contributed by atoms with E-state index in [4.69, 9.17) is 5.11 Å². The summed E-state index contributed by atoms with van der Waals surface area (Å²) in [6.07, 6.45) is 3.55. The van der Waals surface area contributed by atoms with Gasteiger partial charge in [-0.15, -0.1) is 0 Å². The van der Waals surface area contributed by atoms with E-state index in [2.05, 4.69) is 41.2 Å². The van der Waals surface area contributed by atoms with Gasteiger partial charge in [0.25, 0.3) is 0 Å². The van der Waals surface area contributed by atoms with Crippen LogP contribution in [0.15, 0.2) is 12.2 Å². The first-order valence-electron chi connectivity index (χ1n) is 6.99. The summed E-state index contributed by atoms with van der Waals surface area (Å²) in [7, 11) is 0. The standard InChI is InChI=1S/C16H28O/c1-11(10-17)7-8-13-9-15(5)12(2)16(15,6)14(13,3)4/h12-13,17H,1,7-10H2,2-6H3/t12-,13?,15-,16?/m0/s1. The molecule has 0 heterocycles. The minimum absolute atomic E-state index is 0.151. The van der Waals surface area contributed by atoms with E-state index in [1.165, 1.54) is 12.8 Å². The Hall–Kier alpha value is -0.300. The number of aliphatic hydroxyl groups is 1. The van der Waals surface area contributed by atoms with E-state index in [9.17, 15) is 0 Å². The van der Waals surface area contributed by atoms with E-state index in [1.54, 1.807) is 0 Å². The predicted molar refractivity (Wildman–Crippen MR) is 72.7 cm³/mol. The van der Waals surface area contributed by atoms with Crippen LogP contribution in [-0.2, 0) is 0 Å². The van der Waals surface area contributed by atoms with Gasteiger partial charge in [0.05, 0.1) is 6.61 Å². The normalized spacial score (nSPS) is 46.7. The lowest BCUT2D eigenvalue weighted by Crippen LogP contribution is -2.29. The highest BCUT2D eigenvalue weighted by atomic mass is 16.3. The van der Waals surface area contributed by atoms with Crippen LogP contribution >= 0.6 is 0 Å². The van der Waals surface area contributed by atoms with Gasteiger partial charge in [-0.05, 0) is 47.3 Å². The van der Waals surface area contributed by atoms with Crippen molar-refractivity contribution in [3.8, 4) is 0 Å². The van der Waals surface area contributed by atoms with Gasteiger partial charge in [0.1, 0.15) is 0 Å². The van der Waals surface area contributed by atoms with Gasteiger partial charge < -0.3 is 5.11 Å². The Labute approximate surface area is 106 Å². The maximum Gasteiger partial charge on any atom is 0.0639 e. The Kier molecular flexibility index (Phi) is 2.78. The summed E-state index contributed by atoms with van der Waals surface area (Å²) in [6, 6.07) is 0. The van der Waals surface area contributed by atoms with Crippen LogP contribution < -0.4 is 0 Å². The van der Waals surface area contributed by atoms with Crippen molar-refractivity contribution in [2.24, 2.45) is 28.1 Å². The van der Waals surface area contributed by atoms with E-state index in [1.807, 2.05) is 0 Å². The molecule has 1 heteroatoms. The fraction of sp³-hybridized carbons (Fsp3) is 0.875. The average Bonchev–Trinajstić information content (AvgIpc) is 2.64. The summed E-state index contributed by atoms with van der Waals surface area (Å²) in [5, 5.41) is 9.04. The highest BCUT2D eigenvalue weighted by molar-refractivity contribution is 5.27. The summed E-state index contributed by atoms with van der Waals surface area (Å²) in [5.74, 6) is 1.65. The van der Waals surface area contributed by atoms with Crippen molar-refractivity contribution < 1.29 is 5.11 Å². The lowest BCUT2D eigenvalue weighted by molar-refractivity contribution is 0.123. The molecular weight excluding hydrogens is 208 g/mol. The Bertz CT molecular complexity index is 343. The largest absolute Gasteiger partial charge is 0.392 e. The molecule has 0 aromatic heterocycles. The van der Waals surface area contributed by atoms with Gasteiger partial charge in [0.2, 0.25) is 0 Å². The summed E-state index contributed by atoms with van der Waals surface area (Å²) < 4.78 is 0. The number of aliphatic hydroxyl groups excluding tert-OH is 1. The fourth-order valence-electron chi connectivity index (χ4n) is 4.94. The number of hydrogen-bond donors (Lipinski definition) is 1. The second-order valence-electron chi connectivity index (χ2n) is 7.41. The maximum atomic E-state index is 9.04. The first-order valence-corrected chi connectivity index (χ1v) is 6.99. The first-order chi connectivity index (χ1) is 7.71. The number of rotatable bonds is 4. The smallest absolute Gasteiger partial charge is 0.0639 e. The predicted octanol–water partition coefficient (Wildman–Crippen LogP) is 4.02. The van der Waals surface area contributed by atoms with Gasteiger partial charge in [0.15, 0.2) is 0 Å². The molecule has 0 spiro atoms. The van der Waals surface area contributed by atoms with Crippen LogP contribution in [-0.4, -0.2) is 11.7 Å². The fourth-order valence-corrected chi connectivity index (χ4v) is 4.94. The summed E-state index contributed by atoms with van der Waals surface area (Å²) in [5.41, 5.74) is 2.49. The maximum absolute atomic E-state index is 9.04. The molecule has 2 unspecified atom stereocenters. The van der Waals surface area contributed by atoms with Crippen LogP contribution in [0.4, 0.5) is 0 Å². The molecule has 4 atom stereocenters. The van der Waals surface area contributed by atoms with E-state index < -0.39 is 0 Å². The van der Waals surface area contributed by atoms with Crippen molar-refractivity contribution in [1.29, 1.82) is 0 Å². The Morgan fingerprint density at radius 2 is 1.88 bits per heavy atom. The summed E-state index contributed by atoms with van der Waals surface area (Å²) in [4.78, 5) is 0. The summed E-state index contributed by atoms with van der Waals surface area (Å²) >= 11 is 0. The lowest BCUT2D eigenvalue weighted by atomic mass is 9.68. The van der Waals surface area contributed by atoms with Crippen LogP contribution in [0.3, 0.4) is 0 Å². The van der Waals surface area contributed by atoms with Crippen molar-refractivity contribution in [2.45, 2.75) is 53.9 Å².